The van der Waals surface area contributed by atoms with Crippen LogP contribution in [0.1, 0.15) is 31.9 Å². The molecule has 0 aliphatic carbocycles. The maximum absolute atomic E-state index is 12.0. The SMILES string of the molecule is COC(=O)C1CN(Cc2ccccc2)C[C@H]1C(=O)O.COC(=O)C1CN(Cc2ccccc2)C[C@H]1NC(=O)OC(C)(C)C. The molecule has 43 heavy (non-hydrogen) atoms. The van der Waals surface area contributed by atoms with Crippen LogP contribution in [0.2, 0.25) is 0 Å². The van der Waals surface area contributed by atoms with Crippen LogP contribution in [0, 0.1) is 17.8 Å². The molecule has 2 unspecified atom stereocenters. The molecule has 2 aromatic carbocycles. The molecule has 2 saturated heterocycles. The second kappa shape index (κ2) is 15.5. The van der Waals surface area contributed by atoms with Gasteiger partial charge in [-0.05, 0) is 31.9 Å². The summed E-state index contributed by atoms with van der Waals surface area (Å²) < 4.78 is 14.9. The van der Waals surface area contributed by atoms with E-state index in [1.807, 2.05) is 65.6 Å². The van der Waals surface area contributed by atoms with E-state index < -0.39 is 41.4 Å². The van der Waals surface area contributed by atoms with E-state index in [-0.39, 0.29) is 12.0 Å². The number of benzene rings is 2. The molecule has 0 spiro atoms. The number of likely N-dealkylation sites (tertiary alicyclic amines) is 2. The Labute approximate surface area is 253 Å². The van der Waals surface area contributed by atoms with Gasteiger partial charge in [0.15, 0.2) is 0 Å². The molecule has 11 heteroatoms. The number of rotatable bonds is 8. The topological polar surface area (TPSA) is 135 Å². The van der Waals surface area contributed by atoms with Gasteiger partial charge in [-0.1, -0.05) is 60.7 Å². The summed E-state index contributed by atoms with van der Waals surface area (Å²) in [5.41, 5.74) is 1.70. The summed E-state index contributed by atoms with van der Waals surface area (Å²) in [6.45, 7) is 8.72. The molecule has 4 atom stereocenters. The summed E-state index contributed by atoms with van der Waals surface area (Å²) in [5, 5.41) is 12.0. The molecule has 2 N–H and O–H groups in total. The van der Waals surface area contributed by atoms with Crippen LogP contribution in [0.25, 0.3) is 0 Å². The number of alkyl carbamates (subject to hydrolysis) is 1. The summed E-state index contributed by atoms with van der Waals surface area (Å²) in [6, 6.07) is 19.5. The fraction of sp³-hybridized carbons (Fsp3) is 0.500. The van der Waals surface area contributed by atoms with Gasteiger partial charge in [-0.2, -0.15) is 0 Å². The van der Waals surface area contributed by atoms with Crippen molar-refractivity contribution >= 4 is 24.0 Å². The predicted molar refractivity (Wildman–Crippen MR) is 159 cm³/mol. The molecule has 1 amide bonds. The molecule has 4 rings (SSSR count). The molecular formula is C32H43N3O8. The maximum Gasteiger partial charge on any atom is 0.407 e. The summed E-state index contributed by atoms with van der Waals surface area (Å²) in [5.74, 6) is -3.35. The highest BCUT2D eigenvalue weighted by atomic mass is 16.6. The highest BCUT2D eigenvalue weighted by Gasteiger charge is 2.42. The maximum atomic E-state index is 12.0. The first-order valence-electron chi connectivity index (χ1n) is 14.3. The van der Waals surface area contributed by atoms with Crippen molar-refractivity contribution in [2.45, 2.75) is 45.5 Å². The van der Waals surface area contributed by atoms with Crippen LogP contribution in [-0.4, -0.2) is 90.9 Å². The summed E-state index contributed by atoms with van der Waals surface area (Å²) in [4.78, 5) is 51.0. The van der Waals surface area contributed by atoms with Crippen molar-refractivity contribution in [2.24, 2.45) is 17.8 Å². The Morgan fingerprint density at radius 2 is 1.19 bits per heavy atom. The number of carbonyl (C=O) groups is 4. The minimum absolute atomic E-state index is 0.313. The molecular weight excluding hydrogens is 554 g/mol. The Morgan fingerprint density at radius 1 is 0.744 bits per heavy atom. The van der Waals surface area contributed by atoms with Gasteiger partial charge in [0.25, 0.3) is 0 Å². The lowest BCUT2D eigenvalue weighted by molar-refractivity contribution is -0.153. The Morgan fingerprint density at radius 3 is 1.65 bits per heavy atom. The fourth-order valence-corrected chi connectivity index (χ4v) is 5.35. The van der Waals surface area contributed by atoms with Gasteiger partial charge in [-0.3, -0.25) is 24.2 Å². The van der Waals surface area contributed by atoms with Crippen LogP contribution in [0.5, 0.6) is 0 Å². The van der Waals surface area contributed by atoms with Crippen molar-refractivity contribution in [1.82, 2.24) is 15.1 Å². The van der Waals surface area contributed by atoms with Gasteiger partial charge in [-0.25, -0.2) is 4.79 Å². The van der Waals surface area contributed by atoms with Crippen molar-refractivity contribution in [3.05, 3.63) is 71.8 Å². The summed E-state index contributed by atoms with van der Waals surface area (Å²) >= 11 is 0. The van der Waals surface area contributed by atoms with Crippen LogP contribution in [-0.2, 0) is 41.7 Å². The quantitative estimate of drug-likeness (QED) is 0.345. The normalized spacial score (nSPS) is 22.2. The molecule has 0 bridgehead atoms. The van der Waals surface area contributed by atoms with E-state index in [0.29, 0.717) is 32.7 Å². The number of hydrogen-bond donors (Lipinski definition) is 2. The average Bonchev–Trinajstić information content (AvgIpc) is 3.56. The largest absolute Gasteiger partial charge is 0.481 e. The van der Waals surface area contributed by atoms with Crippen LogP contribution in [0.15, 0.2) is 60.7 Å². The zero-order valence-corrected chi connectivity index (χ0v) is 25.5. The molecule has 0 saturated carbocycles. The van der Waals surface area contributed by atoms with E-state index in [1.54, 1.807) is 20.8 Å². The number of carboxylic acids is 1. The van der Waals surface area contributed by atoms with E-state index >= 15 is 0 Å². The van der Waals surface area contributed by atoms with Crippen molar-refractivity contribution in [3.63, 3.8) is 0 Å². The van der Waals surface area contributed by atoms with E-state index in [9.17, 15) is 24.3 Å². The van der Waals surface area contributed by atoms with Crippen molar-refractivity contribution < 1.29 is 38.5 Å². The van der Waals surface area contributed by atoms with Crippen LogP contribution < -0.4 is 5.32 Å². The lowest BCUT2D eigenvalue weighted by Gasteiger charge is -2.23. The Hall–Kier alpha value is -3.96. The van der Waals surface area contributed by atoms with Crippen molar-refractivity contribution in [3.8, 4) is 0 Å². The number of esters is 2. The first kappa shape index (κ1) is 33.5. The number of nitrogens with one attached hydrogen (secondary N) is 1. The van der Waals surface area contributed by atoms with E-state index in [1.165, 1.54) is 19.8 Å². The van der Waals surface area contributed by atoms with Crippen molar-refractivity contribution in [1.29, 1.82) is 0 Å². The van der Waals surface area contributed by atoms with Gasteiger partial charge in [0, 0.05) is 39.3 Å². The van der Waals surface area contributed by atoms with Crippen molar-refractivity contribution in [2.75, 3.05) is 40.4 Å². The standard InChI is InChI=1S/C18H26N2O4.C14H17NO4/c1-18(2,3)24-17(22)19-15-12-20(11-14(15)16(21)23-4)10-13-8-6-5-7-9-13;1-19-14(18)12-9-15(8-11(12)13(16)17)7-10-5-3-2-4-6-10/h5-9,14-15H,10-12H2,1-4H3,(H,19,22);2-6,11-12H,7-9H2,1H3,(H,16,17)/t14?,15-;11-,12?/m11/s1. The number of carboxylic acid groups (broad SMARTS) is 1. The number of amides is 1. The third-order valence-electron chi connectivity index (χ3n) is 7.32. The number of nitrogens with zero attached hydrogens (tertiary/aromatic N) is 2. The van der Waals surface area contributed by atoms with Gasteiger partial charge in [-0.15, -0.1) is 0 Å². The summed E-state index contributed by atoms with van der Waals surface area (Å²) in [7, 11) is 2.66. The van der Waals surface area contributed by atoms with Crippen LogP contribution in [0.4, 0.5) is 4.79 Å². The molecule has 0 aromatic heterocycles. The van der Waals surface area contributed by atoms with Crippen LogP contribution in [0.3, 0.4) is 0 Å². The lowest BCUT2D eigenvalue weighted by atomic mass is 9.97. The predicted octanol–water partition coefficient (Wildman–Crippen LogP) is 3.18. The number of carbonyl (C=O) groups excluding carboxylic acids is 3. The van der Waals surface area contributed by atoms with Gasteiger partial charge < -0.3 is 24.6 Å². The molecule has 2 aromatic rings. The number of hydrogen-bond acceptors (Lipinski definition) is 9. The molecule has 0 radical (unpaired) electrons. The molecule has 2 fully saturated rings. The third kappa shape index (κ3) is 10.4. The molecule has 2 aliphatic rings. The van der Waals surface area contributed by atoms with E-state index in [2.05, 4.69) is 15.0 Å². The second-order valence-corrected chi connectivity index (χ2v) is 11.8. The third-order valence-corrected chi connectivity index (χ3v) is 7.32. The zero-order valence-electron chi connectivity index (χ0n) is 25.5. The smallest absolute Gasteiger partial charge is 0.407 e. The summed E-state index contributed by atoms with van der Waals surface area (Å²) in [6.07, 6.45) is -0.511. The Kier molecular flexibility index (Phi) is 12.1. The molecule has 11 nitrogen and oxygen atoms in total. The number of methoxy groups -OCH3 is 2. The molecule has 2 heterocycles. The van der Waals surface area contributed by atoms with E-state index in [0.717, 1.165) is 12.1 Å². The highest BCUT2D eigenvalue weighted by molar-refractivity contribution is 5.82. The van der Waals surface area contributed by atoms with Gasteiger partial charge in [0.05, 0.1) is 38.0 Å². The molecule has 234 valence electrons. The average molecular weight is 598 g/mol. The monoisotopic (exact) mass is 597 g/mol. The number of ether oxygens (including phenoxy) is 3. The van der Waals surface area contributed by atoms with Gasteiger partial charge >= 0.3 is 24.0 Å². The van der Waals surface area contributed by atoms with Gasteiger partial charge in [0.2, 0.25) is 0 Å². The Balaban J connectivity index is 0.000000242. The zero-order chi connectivity index (χ0) is 31.6. The van der Waals surface area contributed by atoms with Gasteiger partial charge in [0.1, 0.15) is 5.60 Å². The first-order valence-corrected chi connectivity index (χ1v) is 14.3. The highest BCUT2D eigenvalue weighted by Crippen LogP contribution is 2.26. The lowest BCUT2D eigenvalue weighted by Crippen LogP contribution is -2.45. The Bertz CT molecular complexity index is 1220. The second-order valence-electron chi connectivity index (χ2n) is 11.8. The minimum atomic E-state index is -0.939. The molecule has 2 aliphatic heterocycles. The fourth-order valence-electron chi connectivity index (χ4n) is 5.35. The first-order chi connectivity index (χ1) is 20.4. The van der Waals surface area contributed by atoms with E-state index in [4.69, 9.17) is 9.47 Å². The van der Waals surface area contributed by atoms with Crippen LogP contribution >= 0.6 is 0 Å². The number of aliphatic carboxylic acids is 1. The minimum Gasteiger partial charge on any atom is -0.481 e.